The third kappa shape index (κ3) is 4.92. The van der Waals surface area contributed by atoms with E-state index in [1.54, 1.807) is 0 Å². The molecule has 0 fully saturated rings. The first kappa shape index (κ1) is 24.0. The summed E-state index contributed by atoms with van der Waals surface area (Å²) in [6.45, 7) is 9.41. The Hall–Kier alpha value is -4.39. The van der Waals surface area contributed by atoms with Crippen LogP contribution >= 0.6 is 0 Å². The zero-order valence-electron chi connectivity index (χ0n) is 22.0. The van der Waals surface area contributed by atoms with Crippen molar-refractivity contribution < 1.29 is 9.47 Å². The summed E-state index contributed by atoms with van der Waals surface area (Å²) in [5, 5.41) is 0. The average Bonchev–Trinajstić information content (AvgIpc) is 3.49. The van der Waals surface area contributed by atoms with Crippen LogP contribution in [0.15, 0.2) is 88.8 Å². The lowest BCUT2D eigenvalue weighted by Gasteiger charge is -2.09. The van der Waals surface area contributed by atoms with E-state index in [-0.39, 0.29) is 11.1 Å². The monoisotopic (exact) mass is 503 g/mol. The third-order valence-corrected chi connectivity index (χ3v) is 6.38. The number of nitrogens with zero attached hydrogens (tertiary/aromatic N) is 5. The van der Waals surface area contributed by atoms with E-state index in [1.807, 2.05) is 78.9 Å². The molecule has 0 atom stereocenters. The number of benzene rings is 3. The molecule has 0 saturated carbocycles. The van der Waals surface area contributed by atoms with Crippen molar-refractivity contribution in [2.75, 3.05) is 13.2 Å². The van der Waals surface area contributed by atoms with Crippen molar-refractivity contribution in [1.29, 1.82) is 0 Å². The summed E-state index contributed by atoms with van der Waals surface area (Å²) in [4.78, 5) is 23.9. The Bertz CT molecular complexity index is 1440. The van der Waals surface area contributed by atoms with E-state index in [4.69, 9.17) is 24.4 Å². The summed E-state index contributed by atoms with van der Waals surface area (Å²) in [6.07, 6.45) is 0. The van der Waals surface area contributed by atoms with Crippen LogP contribution in [0.2, 0.25) is 0 Å². The van der Waals surface area contributed by atoms with Crippen molar-refractivity contribution in [3.05, 3.63) is 90.0 Å². The Morgan fingerprint density at radius 3 is 1.16 bits per heavy atom. The zero-order chi connectivity index (χ0) is 26.3. The maximum absolute atomic E-state index is 5.80. The van der Waals surface area contributed by atoms with Gasteiger partial charge < -0.3 is 9.47 Å². The highest BCUT2D eigenvalue weighted by atomic mass is 16.5. The Kier molecular flexibility index (Phi) is 5.79. The zero-order valence-corrected chi connectivity index (χ0v) is 22.0. The fraction of sp³-hybridized carbons (Fsp3) is 0.258. The lowest BCUT2D eigenvalue weighted by Crippen LogP contribution is -2.17. The van der Waals surface area contributed by atoms with Gasteiger partial charge in [-0.25, -0.2) is 24.9 Å². The van der Waals surface area contributed by atoms with Crippen molar-refractivity contribution >= 4 is 11.8 Å². The lowest BCUT2D eigenvalue weighted by molar-refractivity contribution is 0.279. The summed E-state index contributed by atoms with van der Waals surface area (Å²) in [5.41, 5.74) is 4.17. The largest absolute Gasteiger partial charge is 0.475 e. The second kappa shape index (κ2) is 9.17. The van der Waals surface area contributed by atoms with Gasteiger partial charge in [-0.2, -0.15) is 0 Å². The first-order valence-corrected chi connectivity index (χ1v) is 12.7. The quantitative estimate of drug-likeness (QED) is 0.334. The molecule has 6 rings (SSSR count). The molecule has 3 heterocycles. The lowest BCUT2D eigenvalue weighted by atomic mass is 10.1. The molecule has 7 heteroatoms. The molecule has 0 N–H and O–H groups in total. The van der Waals surface area contributed by atoms with Crippen LogP contribution in [0.5, 0.6) is 0 Å². The van der Waals surface area contributed by atoms with Crippen LogP contribution in [-0.4, -0.2) is 51.0 Å². The number of hydrogen-bond donors (Lipinski definition) is 0. The SMILES string of the molecule is CC1(C)COC(c2ccc(-c3nc(-c4ccccc4)nc(-c4ccc(C5=NC(C)(C)CO5)cc4)n3)cc2)=N1. The van der Waals surface area contributed by atoms with Gasteiger partial charge in [0, 0.05) is 27.8 Å². The maximum Gasteiger partial charge on any atom is 0.216 e. The van der Waals surface area contributed by atoms with Gasteiger partial charge in [-0.15, -0.1) is 0 Å². The van der Waals surface area contributed by atoms with Crippen LogP contribution in [0, 0.1) is 0 Å². The van der Waals surface area contributed by atoms with E-state index in [0.717, 1.165) is 27.8 Å². The summed E-state index contributed by atoms with van der Waals surface area (Å²) in [5.74, 6) is 3.16. The van der Waals surface area contributed by atoms with E-state index in [0.29, 0.717) is 42.5 Å². The molecule has 4 aromatic rings. The van der Waals surface area contributed by atoms with Gasteiger partial charge in [0.05, 0.1) is 11.1 Å². The van der Waals surface area contributed by atoms with Crippen molar-refractivity contribution in [2.24, 2.45) is 9.98 Å². The fourth-order valence-corrected chi connectivity index (χ4v) is 4.34. The van der Waals surface area contributed by atoms with Gasteiger partial charge in [0.2, 0.25) is 11.8 Å². The van der Waals surface area contributed by atoms with Gasteiger partial charge in [-0.05, 0) is 52.0 Å². The number of aromatic nitrogens is 3. The maximum atomic E-state index is 5.80. The van der Waals surface area contributed by atoms with E-state index in [1.165, 1.54) is 0 Å². The number of aliphatic imine (C=N–C) groups is 2. The Morgan fingerprint density at radius 1 is 0.474 bits per heavy atom. The summed E-state index contributed by atoms with van der Waals surface area (Å²) in [7, 11) is 0. The molecule has 0 unspecified atom stereocenters. The fourth-order valence-electron chi connectivity index (χ4n) is 4.34. The van der Waals surface area contributed by atoms with E-state index in [9.17, 15) is 0 Å². The molecule has 0 bridgehead atoms. The van der Waals surface area contributed by atoms with Crippen molar-refractivity contribution in [3.63, 3.8) is 0 Å². The van der Waals surface area contributed by atoms with Crippen LogP contribution in [-0.2, 0) is 9.47 Å². The van der Waals surface area contributed by atoms with E-state index < -0.39 is 0 Å². The molecule has 38 heavy (non-hydrogen) atoms. The second-order valence-electron chi connectivity index (χ2n) is 10.9. The predicted octanol–water partition coefficient (Wildman–Crippen LogP) is 5.98. The minimum atomic E-state index is -0.204. The first-order chi connectivity index (χ1) is 18.2. The van der Waals surface area contributed by atoms with Gasteiger partial charge in [0.15, 0.2) is 17.5 Å². The Labute approximate surface area is 222 Å². The normalized spacial score (nSPS) is 17.4. The highest BCUT2D eigenvalue weighted by Gasteiger charge is 2.28. The summed E-state index contributed by atoms with van der Waals surface area (Å²) >= 11 is 0. The molecule has 1 aromatic heterocycles. The Morgan fingerprint density at radius 2 is 0.816 bits per heavy atom. The van der Waals surface area contributed by atoms with Crippen LogP contribution in [0.1, 0.15) is 38.8 Å². The van der Waals surface area contributed by atoms with Crippen molar-refractivity contribution in [2.45, 2.75) is 38.8 Å². The Balaban J connectivity index is 1.37. The molecule has 2 aliphatic rings. The highest BCUT2D eigenvalue weighted by Crippen LogP contribution is 2.27. The molecule has 0 spiro atoms. The van der Waals surface area contributed by atoms with Crippen molar-refractivity contribution in [1.82, 2.24) is 15.0 Å². The predicted molar refractivity (Wildman–Crippen MR) is 149 cm³/mol. The molecule has 190 valence electrons. The minimum absolute atomic E-state index is 0.204. The van der Waals surface area contributed by atoms with Crippen LogP contribution < -0.4 is 0 Å². The molecule has 3 aromatic carbocycles. The molecular weight excluding hydrogens is 474 g/mol. The highest BCUT2D eigenvalue weighted by molar-refractivity contribution is 5.96. The van der Waals surface area contributed by atoms with Crippen LogP contribution in [0.25, 0.3) is 34.2 Å². The second-order valence-corrected chi connectivity index (χ2v) is 10.9. The topological polar surface area (TPSA) is 81.9 Å². The number of ether oxygens (including phenoxy) is 2. The van der Waals surface area contributed by atoms with Crippen molar-refractivity contribution in [3.8, 4) is 34.2 Å². The van der Waals surface area contributed by atoms with Gasteiger partial charge in [0.25, 0.3) is 0 Å². The number of rotatable bonds is 5. The molecule has 0 aliphatic carbocycles. The molecule has 2 aliphatic heterocycles. The first-order valence-electron chi connectivity index (χ1n) is 12.7. The minimum Gasteiger partial charge on any atom is -0.475 e. The van der Waals surface area contributed by atoms with Crippen LogP contribution in [0.4, 0.5) is 0 Å². The molecule has 7 nitrogen and oxygen atoms in total. The summed E-state index contributed by atoms with van der Waals surface area (Å²) < 4.78 is 11.6. The third-order valence-electron chi connectivity index (χ3n) is 6.38. The molecule has 0 saturated heterocycles. The van der Waals surface area contributed by atoms with Gasteiger partial charge in [-0.3, -0.25) is 0 Å². The van der Waals surface area contributed by atoms with Gasteiger partial charge >= 0.3 is 0 Å². The van der Waals surface area contributed by atoms with Gasteiger partial charge in [0.1, 0.15) is 13.2 Å². The van der Waals surface area contributed by atoms with Crippen LogP contribution in [0.3, 0.4) is 0 Å². The van der Waals surface area contributed by atoms with Gasteiger partial charge in [-0.1, -0.05) is 54.6 Å². The molecule has 0 radical (unpaired) electrons. The number of hydrogen-bond acceptors (Lipinski definition) is 7. The summed E-state index contributed by atoms with van der Waals surface area (Å²) in [6, 6.07) is 26.0. The van der Waals surface area contributed by atoms with E-state index in [2.05, 4.69) is 37.7 Å². The molecular formula is C31H29N5O2. The smallest absolute Gasteiger partial charge is 0.216 e. The van der Waals surface area contributed by atoms with E-state index >= 15 is 0 Å². The average molecular weight is 504 g/mol. The molecule has 0 amide bonds. The standard InChI is InChI=1S/C31H29N5O2/c1-30(2)18-37-28(35-30)23-14-10-21(11-15-23)26-32-25(20-8-6-5-7-9-20)33-27(34-26)22-12-16-24(17-13-22)29-36-31(3,4)19-38-29/h5-17H,18-19H2,1-4H3.